The van der Waals surface area contributed by atoms with E-state index in [1.165, 1.54) is 85.7 Å². The van der Waals surface area contributed by atoms with Crippen molar-refractivity contribution in [2.24, 2.45) is 0 Å². The SMILES string of the molecule is c1ccc(-c2ccc(-c3c4ccccc4c(-c4ccc5c(c4)oc4ccc6cc7sc8ccccc8c7cc6c45)c4ccccc34)cc2)cc1. The van der Waals surface area contributed by atoms with Gasteiger partial charge in [0.05, 0.1) is 0 Å². The summed E-state index contributed by atoms with van der Waals surface area (Å²) < 4.78 is 9.32. The Kier molecular flexibility index (Phi) is 5.89. The molecule has 0 amide bonds. The molecule has 0 N–H and O–H groups in total. The molecule has 0 fully saturated rings. The van der Waals surface area contributed by atoms with Crippen LogP contribution in [0.3, 0.4) is 0 Å². The molecule has 0 atom stereocenters. The van der Waals surface area contributed by atoms with E-state index in [-0.39, 0.29) is 0 Å². The van der Waals surface area contributed by atoms with Crippen LogP contribution < -0.4 is 0 Å². The minimum atomic E-state index is 0.911. The minimum absolute atomic E-state index is 0.911. The van der Waals surface area contributed by atoms with Crippen LogP contribution >= 0.6 is 11.3 Å². The fraction of sp³-hybridized carbons (Fsp3) is 0. The summed E-state index contributed by atoms with van der Waals surface area (Å²) in [4.78, 5) is 0. The molecule has 2 aromatic heterocycles. The van der Waals surface area contributed by atoms with Crippen molar-refractivity contribution in [3.63, 3.8) is 0 Å². The molecule has 1 nitrogen and oxygen atoms in total. The topological polar surface area (TPSA) is 13.1 Å². The molecule has 0 saturated heterocycles. The van der Waals surface area contributed by atoms with Gasteiger partial charge in [0.2, 0.25) is 0 Å². The van der Waals surface area contributed by atoms with Gasteiger partial charge in [-0.25, -0.2) is 0 Å². The first-order valence-corrected chi connectivity index (χ1v) is 17.9. The summed E-state index contributed by atoms with van der Waals surface area (Å²) in [7, 11) is 0. The van der Waals surface area contributed by atoms with Gasteiger partial charge in [-0.2, -0.15) is 0 Å². The van der Waals surface area contributed by atoms with E-state index in [0.29, 0.717) is 0 Å². The Morgan fingerprint density at radius 1 is 0.320 bits per heavy atom. The van der Waals surface area contributed by atoms with Crippen LogP contribution in [0.25, 0.3) is 108 Å². The average Bonchev–Trinajstić information content (AvgIpc) is 3.74. The molecular formula is C48H28OS. The van der Waals surface area contributed by atoms with Crippen molar-refractivity contribution in [2.45, 2.75) is 0 Å². The fourth-order valence-electron chi connectivity index (χ4n) is 8.18. The summed E-state index contributed by atoms with van der Waals surface area (Å²) in [6, 6.07) is 61.9. The lowest BCUT2D eigenvalue weighted by molar-refractivity contribution is 0.669. The zero-order valence-corrected chi connectivity index (χ0v) is 27.8. The highest BCUT2D eigenvalue weighted by Crippen LogP contribution is 2.46. The maximum atomic E-state index is 6.67. The van der Waals surface area contributed by atoms with Gasteiger partial charge in [0.25, 0.3) is 0 Å². The average molecular weight is 653 g/mol. The zero-order valence-electron chi connectivity index (χ0n) is 27.0. The maximum Gasteiger partial charge on any atom is 0.136 e. The van der Waals surface area contributed by atoms with E-state index in [0.717, 1.165) is 22.1 Å². The van der Waals surface area contributed by atoms with Crippen molar-refractivity contribution in [2.75, 3.05) is 0 Å². The lowest BCUT2D eigenvalue weighted by Crippen LogP contribution is -1.91. The molecule has 232 valence electrons. The van der Waals surface area contributed by atoms with Gasteiger partial charge in [0, 0.05) is 30.9 Å². The highest BCUT2D eigenvalue weighted by Gasteiger charge is 2.19. The van der Waals surface area contributed by atoms with Crippen LogP contribution in [0.1, 0.15) is 0 Å². The lowest BCUT2D eigenvalue weighted by atomic mass is 9.85. The van der Waals surface area contributed by atoms with Crippen molar-refractivity contribution < 1.29 is 4.42 Å². The summed E-state index contributed by atoms with van der Waals surface area (Å²) in [6.45, 7) is 0. The molecule has 2 heteroatoms. The van der Waals surface area contributed by atoms with Gasteiger partial charge in [-0.3, -0.25) is 0 Å². The molecule has 0 aliphatic heterocycles. The molecule has 0 radical (unpaired) electrons. The van der Waals surface area contributed by atoms with Crippen LogP contribution in [-0.2, 0) is 0 Å². The number of hydrogen-bond acceptors (Lipinski definition) is 2. The molecule has 9 aromatic carbocycles. The summed E-state index contributed by atoms with van der Waals surface area (Å²) >= 11 is 1.86. The number of fused-ring (bicyclic) bond motifs is 10. The number of furan rings is 1. The summed E-state index contributed by atoms with van der Waals surface area (Å²) in [5, 5.41) is 12.4. The summed E-state index contributed by atoms with van der Waals surface area (Å²) in [6.07, 6.45) is 0. The number of hydrogen-bond donors (Lipinski definition) is 0. The van der Waals surface area contributed by atoms with Crippen molar-refractivity contribution in [3.05, 3.63) is 170 Å². The van der Waals surface area contributed by atoms with Crippen LogP contribution in [0.2, 0.25) is 0 Å². The molecular weight excluding hydrogens is 625 g/mol. The van der Waals surface area contributed by atoms with Gasteiger partial charge in [-0.1, -0.05) is 133 Å². The van der Waals surface area contributed by atoms with Crippen LogP contribution in [0.4, 0.5) is 0 Å². The Morgan fingerprint density at radius 3 is 1.62 bits per heavy atom. The van der Waals surface area contributed by atoms with Crippen LogP contribution in [0, 0.1) is 0 Å². The minimum Gasteiger partial charge on any atom is -0.456 e. The first-order valence-electron chi connectivity index (χ1n) is 17.1. The largest absolute Gasteiger partial charge is 0.456 e. The van der Waals surface area contributed by atoms with Crippen molar-refractivity contribution in [1.29, 1.82) is 0 Å². The van der Waals surface area contributed by atoms with E-state index < -0.39 is 0 Å². The Labute approximate surface area is 292 Å². The van der Waals surface area contributed by atoms with E-state index in [2.05, 4.69) is 170 Å². The Morgan fingerprint density at radius 2 is 0.900 bits per heavy atom. The summed E-state index contributed by atoms with van der Waals surface area (Å²) in [5.41, 5.74) is 9.16. The van der Waals surface area contributed by atoms with Gasteiger partial charge < -0.3 is 4.42 Å². The predicted molar refractivity (Wildman–Crippen MR) is 215 cm³/mol. The van der Waals surface area contributed by atoms with Gasteiger partial charge in [0.15, 0.2) is 0 Å². The first kappa shape index (κ1) is 27.7. The third kappa shape index (κ3) is 4.06. The zero-order chi connectivity index (χ0) is 32.8. The maximum absolute atomic E-state index is 6.67. The number of rotatable bonds is 3. The smallest absolute Gasteiger partial charge is 0.136 e. The lowest BCUT2D eigenvalue weighted by Gasteiger charge is -2.18. The van der Waals surface area contributed by atoms with Gasteiger partial charge >= 0.3 is 0 Å². The molecule has 11 rings (SSSR count). The fourth-order valence-corrected chi connectivity index (χ4v) is 9.32. The third-order valence-electron chi connectivity index (χ3n) is 10.5. The molecule has 0 aliphatic rings. The van der Waals surface area contributed by atoms with Gasteiger partial charge in [-0.15, -0.1) is 11.3 Å². The predicted octanol–water partition coefficient (Wildman–Crippen LogP) is 14.4. The summed E-state index contributed by atoms with van der Waals surface area (Å²) in [5.74, 6) is 0. The molecule has 0 unspecified atom stereocenters. The standard InChI is InChI=1S/C48H28OS/c1-2-10-29(11-3-1)30-18-20-31(21-19-30)46-35-13-4-6-15-37(35)47(38-16-7-5-14-36(38)46)33-22-24-39-43(26-33)49-42-25-23-32-27-45-41(28-40(32)48(39)42)34-12-8-9-17-44(34)50-45/h1-28H. The quantitative estimate of drug-likeness (QED) is 0.173. The van der Waals surface area contributed by atoms with E-state index >= 15 is 0 Å². The van der Waals surface area contributed by atoms with Crippen molar-refractivity contribution >= 4 is 85.8 Å². The van der Waals surface area contributed by atoms with Crippen LogP contribution in [-0.4, -0.2) is 0 Å². The molecule has 0 aliphatic carbocycles. The van der Waals surface area contributed by atoms with Crippen molar-refractivity contribution in [1.82, 2.24) is 0 Å². The molecule has 0 saturated carbocycles. The van der Waals surface area contributed by atoms with Crippen LogP contribution in [0.15, 0.2) is 174 Å². The van der Waals surface area contributed by atoms with E-state index in [1.54, 1.807) is 0 Å². The second kappa shape index (κ2) is 10.6. The monoisotopic (exact) mass is 652 g/mol. The van der Waals surface area contributed by atoms with Gasteiger partial charge in [0.1, 0.15) is 11.2 Å². The second-order valence-corrected chi connectivity index (χ2v) is 14.3. The first-order chi connectivity index (χ1) is 24.8. The molecule has 0 spiro atoms. The normalized spacial score (nSPS) is 12.0. The van der Waals surface area contributed by atoms with E-state index in [1.807, 2.05) is 11.3 Å². The van der Waals surface area contributed by atoms with Crippen LogP contribution in [0.5, 0.6) is 0 Å². The van der Waals surface area contributed by atoms with Crippen molar-refractivity contribution in [3.8, 4) is 33.4 Å². The Balaban J connectivity index is 1.13. The Bertz CT molecular complexity index is 3070. The second-order valence-electron chi connectivity index (χ2n) is 13.2. The molecule has 50 heavy (non-hydrogen) atoms. The number of benzene rings is 9. The molecule has 0 bridgehead atoms. The highest BCUT2D eigenvalue weighted by molar-refractivity contribution is 7.25. The van der Waals surface area contributed by atoms with E-state index in [4.69, 9.17) is 4.42 Å². The molecule has 11 aromatic rings. The third-order valence-corrected chi connectivity index (χ3v) is 11.6. The van der Waals surface area contributed by atoms with E-state index in [9.17, 15) is 0 Å². The van der Waals surface area contributed by atoms with Gasteiger partial charge in [-0.05, 0) is 102 Å². The number of thiophene rings is 1. The molecule has 2 heterocycles. The highest BCUT2D eigenvalue weighted by atomic mass is 32.1. The Hall–Kier alpha value is -6.22.